The molecule has 3 aromatic rings. The summed E-state index contributed by atoms with van der Waals surface area (Å²) < 4.78 is 0. The van der Waals surface area contributed by atoms with Crippen LogP contribution in [0, 0.1) is 11.8 Å². The molecule has 2 aliphatic heterocycles. The first-order chi connectivity index (χ1) is 19.5. The van der Waals surface area contributed by atoms with Crippen molar-refractivity contribution in [1.82, 2.24) is 20.3 Å². The molecule has 0 spiro atoms. The van der Waals surface area contributed by atoms with E-state index in [0.29, 0.717) is 11.8 Å². The highest BCUT2D eigenvalue weighted by atomic mass is 15.0. The second kappa shape index (κ2) is 11.8. The van der Waals surface area contributed by atoms with E-state index in [-0.39, 0.29) is 0 Å². The van der Waals surface area contributed by atoms with Crippen molar-refractivity contribution in [3.63, 3.8) is 0 Å². The van der Waals surface area contributed by atoms with Crippen LogP contribution in [0.5, 0.6) is 0 Å². The van der Waals surface area contributed by atoms with Gasteiger partial charge in [0.05, 0.1) is 0 Å². The maximum atomic E-state index is 3.94. The molecule has 2 aliphatic rings. The van der Waals surface area contributed by atoms with E-state index < -0.39 is 0 Å². The number of hydrogen-bond acceptors (Lipinski definition) is 1. The monoisotopic (exact) mass is 538 g/mol. The predicted molar refractivity (Wildman–Crippen MR) is 172 cm³/mol. The normalized spacial score (nSPS) is 18.2. The molecule has 2 atom stereocenters. The van der Waals surface area contributed by atoms with Crippen LogP contribution in [-0.4, -0.2) is 15.0 Å². The molecule has 5 rings (SSSR count). The van der Waals surface area contributed by atoms with Gasteiger partial charge in [-0.3, -0.25) is 0 Å². The van der Waals surface area contributed by atoms with Gasteiger partial charge in [0.1, 0.15) is 0 Å². The average molecular weight is 539 g/mol. The van der Waals surface area contributed by atoms with E-state index in [1.54, 1.807) is 0 Å². The van der Waals surface area contributed by atoms with Gasteiger partial charge in [-0.05, 0) is 109 Å². The third-order valence-corrected chi connectivity index (χ3v) is 9.60. The summed E-state index contributed by atoms with van der Waals surface area (Å²) in [6.07, 6.45) is 18.0. The van der Waals surface area contributed by atoms with Crippen LogP contribution in [0.1, 0.15) is 124 Å². The number of fused-ring (bicyclic) bond motifs is 8. The van der Waals surface area contributed by atoms with E-state index >= 15 is 0 Å². The number of H-pyrrole nitrogens is 3. The Balaban J connectivity index is 1.91. The zero-order valence-corrected chi connectivity index (χ0v) is 26.1. The van der Waals surface area contributed by atoms with E-state index in [1.165, 1.54) is 78.2 Å². The second-order valence-electron chi connectivity index (χ2n) is 11.5. The zero-order chi connectivity index (χ0) is 28.6. The lowest BCUT2D eigenvalue weighted by Gasteiger charge is -2.16. The SMILES string of the molecule is CCc1c2[nH]c(c1CC)C=c1[nH]c(c(CC)c1CC)=Cc1[nH]c(c(CC)c1CC)C=C1NC(=C2)C(CC)C1CC. The highest BCUT2D eigenvalue weighted by molar-refractivity contribution is 5.68. The van der Waals surface area contributed by atoms with Crippen molar-refractivity contribution in [2.75, 3.05) is 0 Å². The molecular weight excluding hydrogens is 488 g/mol. The minimum Gasteiger partial charge on any atom is -0.362 e. The number of hydrogen-bond donors (Lipinski definition) is 4. The maximum Gasteiger partial charge on any atom is 0.0441 e. The Morgan fingerprint density at radius 1 is 0.425 bits per heavy atom. The highest BCUT2D eigenvalue weighted by Crippen LogP contribution is 2.40. The topological polar surface area (TPSA) is 59.4 Å². The first-order valence-corrected chi connectivity index (χ1v) is 16.1. The summed E-state index contributed by atoms with van der Waals surface area (Å²) in [5, 5.41) is 6.43. The Morgan fingerprint density at radius 2 is 0.750 bits per heavy atom. The Kier molecular flexibility index (Phi) is 8.35. The molecule has 0 radical (unpaired) electrons. The van der Waals surface area contributed by atoms with Crippen LogP contribution < -0.4 is 16.0 Å². The molecule has 0 saturated carbocycles. The molecule has 5 heterocycles. The largest absolute Gasteiger partial charge is 0.362 e. The van der Waals surface area contributed by atoms with E-state index in [4.69, 9.17) is 0 Å². The lowest BCUT2D eigenvalue weighted by Crippen LogP contribution is -2.13. The van der Waals surface area contributed by atoms with Crippen molar-refractivity contribution in [1.29, 1.82) is 0 Å². The first-order valence-electron chi connectivity index (χ1n) is 16.1. The maximum absolute atomic E-state index is 3.94. The molecule has 0 aromatic carbocycles. The van der Waals surface area contributed by atoms with Crippen LogP contribution in [0.3, 0.4) is 0 Å². The minimum atomic E-state index is 0.499. The Labute approximate surface area is 241 Å². The molecule has 4 nitrogen and oxygen atoms in total. The van der Waals surface area contributed by atoms with Gasteiger partial charge < -0.3 is 20.3 Å². The molecule has 0 aliphatic carbocycles. The van der Waals surface area contributed by atoms with Crippen LogP contribution in [0.15, 0.2) is 11.4 Å². The summed E-state index contributed by atoms with van der Waals surface area (Å²) in [5.74, 6) is 0.997. The Morgan fingerprint density at radius 3 is 1.05 bits per heavy atom. The number of aromatic amines is 3. The summed E-state index contributed by atoms with van der Waals surface area (Å²) >= 11 is 0. The summed E-state index contributed by atoms with van der Waals surface area (Å²) in [6, 6.07) is 0. The molecule has 2 unspecified atom stereocenters. The first kappa shape index (κ1) is 28.4. The van der Waals surface area contributed by atoms with Gasteiger partial charge >= 0.3 is 0 Å². The van der Waals surface area contributed by atoms with Crippen molar-refractivity contribution < 1.29 is 0 Å². The second-order valence-corrected chi connectivity index (χ2v) is 11.5. The van der Waals surface area contributed by atoms with Gasteiger partial charge in [-0.25, -0.2) is 0 Å². The van der Waals surface area contributed by atoms with E-state index in [0.717, 1.165) is 51.4 Å². The van der Waals surface area contributed by atoms with Crippen molar-refractivity contribution in [3.05, 3.63) is 78.2 Å². The van der Waals surface area contributed by atoms with Gasteiger partial charge in [0, 0.05) is 56.7 Å². The van der Waals surface area contributed by atoms with Crippen molar-refractivity contribution in [3.8, 4) is 0 Å². The van der Waals surface area contributed by atoms with Crippen LogP contribution in [0.25, 0.3) is 24.3 Å². The average Bonchev–Trinajstić information content (AvgIpc) is 3.67. The molecule has 4 N–H and O–H groups in total. The fourth-order valence-electron chi connectivity index (χ4n) is 7.71. The molecule has 3 aromatic heterocycles. The lowest BCUT2D eigenvalue weighted by atomic mass is 9.86. The van der Waals surface area contributed by atoms with Crippen molar-refractivity contribution in [2.24, 2.45) is 11.8 Å². The fraction of sp³-hybridized carbons (Fsp3) is 0.500. The van der Waals surface area contributed by atoms with Crippen molar-refractivity contribution >= 4 is 24.3 Å². The Bertz CT molecular complexity index is 1450. The predicted octanol–water partition coefficient (Wildman–Crippen LogP) is 7.05. The number of nitrogens with one attached hydrogen (secondary N) is 4. The molecule has 4 heteroatoms. The standard InChI is InChI=1S/C36H50N4/c1-9-21-22(10-2)30-18-32-25(13-5)26(14-6)34(39-32)20-36-28(16-8)27(15-7)35(40-36)19-33-24(12-4)23(11-3)31(38-33)17-29(21)37-30/h17-22,37-40H,9-16H2,1-8H3. The molecule has 1 fully saturated rings. The van der Waals surface area contributed by atoms with Gasteiger partial charge in [0.15, 0.2) is 0 Å². The van der Waals surface area contributed by atoms with E-state index in [1.807, 2.05) is 0 Å². The summed E-state index contributed by atoms with van der Waals surface area (Å²) in [5.41, 5.74) is 16.4. The van der Waals surface area contributed by atoms with E-state index in [2.05, 4.69) is 100.0 Å². The number of aromatic nitrogens is 3. The molecule has 214 valence electrons. The van der Waals surface area contributed by atoms with Gasteiger partial charge in [-0.2, -0.15) is 0 Å². The van der Waals surface area contributed by atoms with Gasteiger partial charge in [-0.1, -0.05) is 55.4 Å². The summed E-state index contributed by atoms with van der Waals surface area (Å²) in [4.78, 5) is 11.7. The lowest BCUT2D eigenvalue weighted by molar-refractivity contribution is 0.452. The fourth-order valence-corrected chi connectivity index (χ4v) is 7.71. The quantitative estimate of drug-likeness (QED) is 0.244. The summed E-state index contributed by atoms with van der Waals surface area (Å²) in [6.45, 7) is 18.4. The summed E-state index contributed by atoms with van der Waals surface area (Å²) in [7, 11) is 0. The molecule has 0 amide bonds. The van der Waals surface area contributed by atoms with Gasteiger partial charge in [0.25, 0.3) is 0 Å². The third kappa shape index (κ3) is 4.63. The molecule has 40 heavy (non-hydrogen) atoms. The minimum absolute atomic E-state index is 0.499. The Hall–Kier alpha value is -3.14. The smallest absolute Gasteiger partial charge is 0.0441 e. The van der Waals surface area contributed by atoms with Crippen LogP contribution >= 0.6 is 0 Å². The van der Waals surface area contributed by atoms with Crippen LogP contribution in [-0.2, 0) is 38.5 Å². The van der Waals surface area contributed by atoms with Gasteiger partial charge in [-0.15, -0.1) is 0 Å². The number of rotatable bonds is 8. The van der Waals surface area contributed by atoms with Crippen molar-refractivity contribution in [2.45, 2.75) is 107 Å². The molecule has 8 bridgehead atoms. The van der Waals surface area contributed by atoms with Gasteiger partial charge in [0.2, 0.25) is 0 Å². The third-order valence-electron chi connectivity index (χ3n) is 9.60. The van der Waals surface area contributed by atoms with Crippen LogP contribution in [0.2, 0.25) is 0 Å². The molecule has 1 saturated heterocycles. The molecular formula is C36H50N4. The van der Waals surface area contributed by atoms with Crippen LogP contribution in [0.4, 0.5) is 0 Å². The number of allylic oxidation sites excluding steroid dienone is 2. The highest BCUT2D eigenvalue weighted by Gasteiger charge is 2.34. The van der Waals surface area contributed by atoms with E-state index in [9.17, 15) is 0 Å². The zero-order valence-electron chi connectivity index (χ0n) is 26.1.